The Labute approximate surface area is 122 Å². The zero-order valence-corrected chi connectivity index (χ0v) is 12.9. The molecule has 0 radical (unpaired) electrons. The third kappa shape index (κ3) is 3.07. The maximum atomic E-state index is 12.0. The maximum absolute atomic E-state index is 12.0. The SMILES string of the molecule is CC(C)(C)[S+]([O-])/N=C/c1c(C(=O)O)cc2n1CCCC2. The fourth-order valence-electron chi connectivity index (χ4n) is 2.23. The van der Waals surface area contributed by atoms with Gasteiger partial charge >= 0.3 is 5.97 Å². The van der Waals surface area contributed by atoms with Gasteiger partial charge in [0.15, 0.2) is 0 Å². The smallest absolute Gasteiger partial charge is 0.337 e. The Bertz CT molecular complexity index is 543. The molecule has 5 nitrogen and oxygen atoms in total. The van der Waals surface area contributed by atoms with Gasteiger partial charge in [0.25, 0.3) is 0 Å². The summed E-state index contributed by atoms with van der Waals surface area (Å²) in [6.07, 6.45) is 4.45. The molecule has 2 heterocycles. The van der Waals surface area contributed by atoms with Crippen molar-refractivity contribution >= 4 is 23.5 Å². The summed E-state index contributed by atoms with van der Waals surface area (Å²) in [5.41, 5.74) is 1.83. The van der Waals surface area contributed by atoms with Crippen LogP contribution in [-0.4, -0.2) is 31.2 Å². The average molecular weight is 296 g/mol. The first kappa shape index (κ1) is 15.1. The van der Waals surface area contributed by atoms with E-state index in [0.29, 0.717) is 5.69 Å². The Morgan fingerprint density at radius 3 is 2.80 bits per heavy atom. The topological polar surface area (TPSA) is 77.7 Å². The van der Waals surface area contributed by atoms with Crippen molar-refractivity contribution in [1.29, 1.82) is 0 Å². The van der Waals surface area contributed by atoms with E-state index in [1.807, 2.05) is 25.3 Å². The molecule has 1 unspecified atom stereocenters. The molecule has 6 heteroatoms. The van der Waals surface area contributed by atoms with E-state index in [0.717, 1.165) is 31.5 Å². The van der Waals surface area contributed by atoms with E-state index in [2.05, 4.69) is 4.40 Å². The van der Waals surface area contributed by atoms with Gasteiger partial charge in [-0.15, -0.1) is 0 Å². The third-order valence-corrected chi connectivity index (χ3v) is 4.66. The molecule has 1 N–H and O–H groups in total. The molecular formula is C14H20N2O3S. The van der Waals surface area contributed by atoms with Crippen molar-refractivity contribution in [2.24, 2.45) is 4.40 Å². The molecular weight excluding hydrogens is 276 g/mol. The molecule has 20 heavy (non-hydrogen) atoms. The van der Waals surface area contributed by atoms with Crippen LogP contribution < -0.4 is 0 Å². The molecule has 2 rings (SSSR count). The number of hydrogen-bond donors (Lipinski definition) is 1. The van der Waals surface area contributed by atoms with Gasteiger partial charge in [-0.1, -0.05) is 4.40 Å². The number of aryl methyl sites for hydroxylation is 1. The Morgan fingerprint density at radius 1 is 1.50 bits per heavy atom. The minimum absolute atomic E-state index is 0.247. The average Bonchev–Trinajstić information content (AvgIpc) is 2.73. The van der Waals surface area contributed by atoms with Crippen molar-refractivity contribution in [2.75, 3.05) is 0 Å². The molecule has 0 aromatic carbocycles. The number of rotatable bonds is 3. The highest BCUT2D eigenvalue weighted by molar-refractivity contribution is 7.91. The van der Waals surface area contributed by atoms with Crippen molar-refractivity contribution in [3.8, 4) is 0 Å². The van der Waals surface area contributed by atoms with Gasteiger partial charge in [-0.3, -0.25) is 0 Å². The van der Waals surface area contributed by atoms with E-state index in [4.69, 9.17) is 0 Å². The summed E-state index contributed by atoms with van der Waals surface area (Å²) in [6.45, 7) is 6.32. The quantitative estimate of drug-likeness (QED) is 0.687. The van der Waals surface area contributed by atoms with E-state index < -0.39 is 22.1 Å². The molecule has 0 fully saturated rings. The van der Waals surface area contributed by atoms with Gasteiger partial charge in [0.2, 0.25) is 0 Å². The molecule has 0 aliphatic carbocycles. The Balaban J connectivity index is 2.37. The van der Waals surface area contributed by atoms with Crippen LogP contribution in [0.15, 0.2) is 10.5 Å². The molecule has 1 aromatic heterocycles. The van der Waals surface area contributed by atoms with Gasteiger partial charge in [0, 0.05) is 12.2 Å². The monoisotopic (exact) mass is 296 g/mol. The number of nitrogens with zero attached hydrogens (tertiary/aromatic N) is 2. The van der Waals surface area contributed by atoms with E-state index in [1.165, 1.54) is 6.21 Å². The molecule has 0 saturated carbocycles. The van der Waals surface area contributed by atoms with E-state index in [-0.39, 0.29) is 5.56 Å². The number of aromatic carboxylic acids is 1. The summed E-state index contributed by atoms with van der Waals surface area (Å²) in [7, 11) is 0. The summed E-state index contributed by atoms with van der Waals surface area (Å²) in [6, 6.07) is 1.71. The van der Waals surface area contributed by atoms with Crippen LogP contribution >= 0.6 is 0 Å². The predicted molar refractivity (Wildman–Crippen MR) is 79.8 cm³/mol. The Hall–Kier alpha value is -1.27. The van der Waals surface area contributed by atoms with Crippen molar-refractivity contribution in [3.05, 3.63) is 23.0 Å². The molecule has 110 valence electrons. The van der Waals surface area contributed by atoms with Crippen LogP contribution in [0.4, 0.5) is 0 Å². The van der Waals surface area contributed by atoms with Gasteiger partial charge in [0.1, 0.15) is 22.3 Å². The van der Waals surface area contributed by atoms with E-state index in [1.54, 1.807) is 6.07 Å². The van der Waals surface area contributed by atoms with Crippen molar-refractivity contribution in [3.63, 3.8) is 0 Å². The number of fused-ring (bicyclic) bond motifs is 1. The summed E-state index contributed by atoms with van der Waals surface area (Å²) in [5.74, 6) is -0.963. The minimum atomic E-state index is -1.38. The number of carboxylic acids is 1. The number of carboxylic acid groups (broad SMARTS) is 1. The molecule has 0 spiro atoms. The Kier molecular flexibility index (Phi) is 4.25. The van der Waals surface area contributed by atoms with Gasteiger partial charge < -0.3 is 14.2 Å². The fourth-order valence-corrected chi connectivity index (χ4v) is 2.74. The van der Waals surface area contributed by atoms with E-state index >= 15 is 0 Å². The van der Waals surface area contributed by atoms with Crippen LogP contribution in [0.25, 0.3) is 0 Å². The normalized spacial score (nSPS) is 17.2. The first-order valence-corrected chi connectivity index (χ1v) is 7.83. The number of carbonyl (C=O) groups is 1. The van der Waals surface area contributed by atoms with E-state index in [9.17, 15) is 14.5 Å². The van der Waals surface area contributed by atoms with Crippen LogP contribution in [0.2, 0.25) is 0 Å². The van der Waals surface area contributed by atoms with Crippen LogP contribution in [0.3, 0.4) is 0 Å². The molecule has 1 aromatic rings. The molecule has 1 aliphatic rings. The highest BCUT2D eigenvalue weighted by atomic mass is 32.2. The second-order valence-corrected chi connectivity index (χ2v) is 7.88. The zero-order valence-electron chi connectivity index (χ0n) is 12.0. The number of aromatic nitrogens is 1. The minimum Gasteiger partial charge on any atom is -0.591 e. The molecule has 0 saturated heterocycles. The Morgan fingerprint density at radius 2 is 2.20 bits per heavy atom. The van der Waals surface area contributed by atoms with Crippen molar-refractivity contribution in [2.45, 2.75) is 51.3 Å². The molecule has 1 atom stereocenters. The molecule has 1 aliphatic heterocycles. The maximum Gasteiger partial charge on any atom is 0.337 e. The standard InChI is InChI=1S/C14H20N2O3S/c1-14(2,3)20(19)15-9-12-11(13(17)18)8-10-6-4-5-7-16(10)12/h8-9H,4-7H2,1-3H3,(H,17,18)/b15-9+. The lowest BCUT2D eigenvalue weighted by molar-refractivity contribution is 0.0696. The van der Waals surface area contributed by atoms with Gasteiger partial charge in [-0.05, 0) is 46.1 Å². The zero-order chi connectivity index (χ0) is 14.9. The fraction of sp³-hybridized carbons (Fsp3) is 0.571. The van der Waals surface area contributed by atoms with Gasteiger partial charge in [0.05, 0.1) is 11.3 Å². The summed E-state index contributed by atoms with van der Waals surface area (Å²) in [4.78, 5) is 11.3. The van der Waals surface area contributed by atoms with Gasteiger partial charge in [-0.25, -0.2) is 4.79 Å². The van der Waals surface area contributed by atoms with Crippen molar-refractivity contribution in [1.82, 2.24) is 4.57 Å². The highest BCUT2D eigenvalue weighted by Gasteiger charge is 2.27. The number of hydrogen-bond acceptors (Lipinski definition) is 3. The highest BCUT2D eigenvalue weighted by Crippen LogP contribution is 2.23. The van der Waals surface area contributed by atoms with Crippen molar-refractivity contribution < 1.29 is 14.5 Å². The lowest BCUT2D eigenvalue weighted by atomic mass is 10.1. The lowest BCUT2D eigenvalue weighted by Crippen LogP contribution is -2.26. The van der Waals surface area contributed by atoms with Gasteiger partial charge in [-0.2, -0.15) is 0 Å². The summed E-state index contributed by atoms with van der Waals surface area (Å²) < 4.78 is 17.6. The summed E-state index contributed by atoms with van der Waals surface area (Å²) in [5, 5.41) is 9.29. The largest absolute Gasteiger partial charge is 0.591 e. The third-order valence-electron chi connectivity index (χ3n) is 3.31. The predicted octanol–water partition coefficient (Wildman–Crippen LogP) is 2.40. The lowest BCUT2D eigenvalue weighted by Gasteiger charge is -2.19. The summed E-state index contributed by atoms with van der Waals surface area (Å²) >= 11 is -1.38. The first-order valence-electron chi connectivity index (χ1n) is 6.72. The van der Waals surface area contributed by atoms with Crippen LogP contribution in [-0.2, 0) is 24.3 Å². The first-order chi connectivity index (χ1) is 9.30. The second kappa shape index (κ2) is 5.61. The van der Waals surface area contributed by atoms with Crippen LogP contribution in [0, 0.1) is 0 Å². The molecule has 0 bridgehead atoms. The molecule has 0 amide bonds. The van der Waals surface area contributed by atoms with Crippen LogP contribution in [0.1, 0.15) is 55.4 Å². The second-order valence-electron chi connectivity index (χ2n) is 5.94. The van der Waals surface area contributed by atoms with Crippen LogP contribution in [0.5, 0.6) is 0 Å².